The molecule has 2 rings (SSSR count). The average molecular weight is 232 g/mol. The summed E-state index contributed by atoms with van der Waals surface area (Å²) in [5, 5.41) is 4.15. The number of ether oxygens (including phenoxy) is 1. The molecule has 0 saturated heterocycles. The lowest BCUT2D eigenvalue weighted by Crippen LogP contribution is -2.19. The van der Waals surface area contributed by atoms with Crippen LogP contribution in [0.3, 0.4) is 0 Å². The number of hydrogen-bond acceptors (Lipinski definition) is 3. The summed E-state index contributed by atoms with van der Waals surface area (Å²) >= 11 is 0. The van der Waals surface area contributed by atoms with Crippen LogP contribution in [0.2, 0.25) is 0 Å². The number of benzene rings is 1. The molecule has 0 aliphatic heterocycles. The van der Waals surface area contributed by atoms with Gasteiger partial charge in [0, 0.05) is 5.56 Å². The number of hydrazone groups is 1. The molecule has 0 bridgehead atoms. The van der Waals surface area contributed by atoms with E-state index in [-0.39, 0.29) is 0 Å². The molecule has 4 heteroatoms. The number of methoxy groups -OCH3 is 1. The van der Waals surface area contributed by atoms with E-state index >= 15 is 0 Å². The number of aryl methyl sites for hydroxylation is 1. The van der Waals surface area contributed by atoms with Crippen LogP contribution < -0.4 is 5.43 Å². The van der Waals surface area contributed by atoms with Gasteiger partial charge in [0.1, 0.15) is 0 Å². The fraction of sp³-hybridized carbons (Fsp3) is 0.385. The van der Waals surface area contributed by atoms with Crippen LogP contribution >= 0.6 is 0 Å². The van der Waals surface area contributed by atoms with E-state index in [0.717, 1.165) is 37.0 Å². The summed E-state index contributed by atoms with van der Waals surface area (Å²) in [5.41, 5.74) is 5.77. The molecule has 0 saturated carbocycles. The molecule has 1 aliphatic rings. The summed E-state index contributed by atoms with van der Waals surface area (Å²) < 4.78 is 4.50. The Bertz CT molecular complexity index is 441. The lowest BCUT2D eigenvalue weighted by Gasteiger charge is -2.07. The molecule has 0 radical (unpaired) electrons. The molecule has 1 N–H and O–H groups in total. The molecule has 1 amide bonds. The van der Waals surface area contributed by atoms with Crippen LogP contribution in [0.15, 0.2) is 29.4 Å². The van der Waals surface area contributed by atoms with Crippen LogP contribution in [0.1, 0.15) is 30.4 Å². The lowest BCUT2D eigenvalue weighted by atomic mass is 10.0. The maximum atomic E-state index is 11.0. The van der Waals surface area contributed by atoms with Crippen molar-refractivity contribution < 1.29 is 9.53 Å². The van der Waals surface area contributed by atoms with E-state index in [9.17, 15) is 4.79 Å². The third kappa shape index (κ3) is 2.84. The first kappa shape index (κ1) is 11.6. The number of carbonyl (C=O) groups is 1. The van der Waals surface area contributed by atoms with E-state index < -0.39 is 6.09 Å². The quantitative estimate of drug-likeness (QED) is 0.597. The Morgan fingerprint density at radius 2 is 2.06 bits per heavy atom. The molecule has 1 aromatic rings. The van der Waals surface area contributed by atoms with E-state index in [0.29, 0.717) is 0 Å². The number of fused-ring (bicyclic) bond motifs is 1. The van der Waals surface area contributed by atoms with Gasteiger partial charge in [0.05, 0.1) is 12.8 Å². The minimum Gasteiger partial charge on any atom is -0.452 e. The molecule has 90 valence electrons. The number of nitrogens with zero attached hydrogens (tertiary/aromatic N) is 1. The Morgan fingerprint density at radius 1 is 1.29 bits per heavy atom. The molecule has 0 heterocycles. The fourth-order valence-corrected chi connectivity index (χ4v) is 2.04. The first-order valence-electron chi connectivity index (χ1n) is 5.80. The van der Waals surface area contributed by atoms with E-state index in [1.54, 1.807) is 0 Å². The second-order valence-corrected chi connectivity index (χ2v) is 4.03. The molecule has 0 spiro atoms. The first-order valence-corrected chi connectivity index (χ1v) is 5.80. The highest BCUT2D eigenvalue weighted by Gasteiger charge is 2.13. The smallest absolute Gasteiger partial charge is 0.427 e. The van der Waals surface area contributed by atoms with Gasteiger partial charge in [0.2, 0.25) is 0 Å². The Labute approximate surface area is 101 Å². The summed E-state index contributed by atoms with van der Waals surface area (Å²) in [4.78, 5) is 11.0. The average Bonchev–Trinajstić information content (AvgIpc) is 2.58. The molecule has 17 heavy (non-hydrogen) atoms. The normalized spacial score (nSPS) is 17.1. The van der Waals surface area contributed by atoms with Crippen LogP contribution in [-0.2, 0) is 11.2 Å². The van der Waals surface area contributed by atoms with Gasteiger partial charge in [0.25, 0.3) is 0 Å². The topological polar surface area (TPSA) is 50.7 Å². The van der Waals surface area contributed by atoms with Gasteiger partial charge >= 0.3 is 6.09 Å². The predicted molar refractivity (Wildman–Crippen MR) is 66.1 cm³/mol. The molecule has 1 aromatic carbocycles. The highest BCUT2D eigenvalue weighted by Crippen LogP contribution is 2.20. The van der Waals surface area contributed by atoms with Crippen LogP contribution in [0.25, 0.3) is 0 Å². The molecule has 0 unspecified atom stereocenters. The zero-order valence-corrected chi connectivity index (χ0v) is 9.90. The lowest BCUT2D eigenvalue weighted by molar-refractivity contribution is 0.171. The van der Waals surface area contributed by atoms with Crippen LogP contribution in [0.5, 0.6) is 0 Å². The summed E-state index contributed by atoms with van der Waals surface area (Å²) in [6.07, 6.45) is 3.69. The Hall–Kier alpha value is -1.84. The van der Waals surface area contributed by atoms with Gasteiger partial charge in [0.15, 0.2) is 0 Å². The zero-order valence-electron chi connectivity index (χ0n) is 9.90. The van der Waals surface area contributed by atoms with E-state index in [1.165, 1.54) is 12.7 Å². The van der Waals surface area contributed by atoms with Gasteiger partial charge in [-0.1, -0.05) is 24.3 Å². The van der Waals surface area contributed by atoms with Gasteiger partial charge < -0.3 is 4.74 Å². The Kier molecular flexibility index (Phi) is 3.75. The number of carbonyl (C=O) groups excluding carboxylic acids is 1. The van der Waals surface area contributed by atoms with E-state index in [1.807, 2.05) is 12.1 Å². The second-order valence-electron chi connectivity index (χ2n) is 4.03. The van der Waals surface area contributed by atoms with Crippen molar-refractivity contribution in [3.63, 3.8) is 0 Å². The van der Waals surface area contributed by atoms with Crippen molar-refractivity contribution in [3.8, 4) is 0 Å². The minimum absolute atomic E-state index is 0.528. The van der Waals surface area contributed by atoms with Crippen LogP contribution in [0, 0.1) is 0 Å². The van der Waals surface area contributed by atoms with E-state index in [4.69, 9.17) is 0 Å². The van der Waals surface area contributed by atoms with Crippen molar-refractivity contribution in [1.29, 1.82) is 0 Å². The van der Waals surface area contributed by atoms with Crippen molar-refractivity contribution in [3.05, 3.63) is 35.4 Å². The van der Waals surface area contributed by atoms with E-state index in [2.05, 4.69) is 27.4 Å². The molecule has 1 aliphatic carbocycles. The van der Waals surface area contributed by atoms with Gasteiger partial charge in [-0.25, -0.2) is 10.2 Å². The molecular weight excluding hydrogens is 216 g/mol. The summed E-state index contributed by atoms with van der Waals surface area (Å²) in [6, 6.07) is 8.21. The summed E-state index contributed by atoms with van der Waals surface area (Å²) in [7, 11) is 1.33. The number of amides is 1. The molecule has 0 aromatic heterocycles. The fourth-order valence-electron chi connectivity index (χ4n) is 2.04. The standard InChI is InChI=1S/C13H16N2O2/c1-17-13(16)15-14-12-9-5-3-7-10-6-2-4-8-11(10)12/h2,4,6,8H,3,5,7,9H2,1H3,(H,15,16)/b14-12+. The summed E-state index contributed by atoms with van der Waals surface area (Å²) in [6.45, 7) is 0. The van der Waals surface area contributed by atoms with Crippen LogP contribution in [-0.4, -0.2) is 18.9 Å². The Morgan fingerprint density at radius 3 is 2.88 bits per heavy atom. The van der Waals surface area contributed by atoms with Gasteiger partial charge in [-0.2, -0.15) is 5.10 Å². The largest absolute Gasteiger partial charge is 0.452 e. The SMILES string of the molecule is COC(=O)N/N=C1\CCCCc2ccccc21. The van der Waals surface area contributed by atoms with Crippen molar-refractivity contribution in [1.82, 2.24) is 5.43 Å². The predicted octanol–water partition coefficient (Wildman–Crippen LogP) is 2.47. The van der Waals surface area contributed by atoms with Crippen molar-refractivity contribution in [2.75, 3.05) is 7.11 Å². The molecule has 0 fully saturated rings. The third-order valence-electron chi connectivity index (χ3n) is 2.91. The molecule has 4 nitrogen and oxygen atoms in total. The van der Waals surface area contributed by atoms with Gasteiger partial charge in [-0.05, 0) is 31.2 Å². The number of nitrogens with one attached hydrogen (secondary N) is 1. The molecular formula is C13H16N2O2. The second kappa shape index (κ2) is 5.48. The third-order valence-corrected chi connectivity index (χ3v) is 2.91. The highest BCUT2D eigenvalue weighted by molar-refractivity contribution is 6.02. The highest BCUT2D eigenvalue weighted by atomic mass is 16.5. The van der Waals surface area contributed by atoms with Crippen molar-refractivity contribution in [2.24, 2.45) is 5.10 Å². The van der Waals surface area contributed by atoms with Crippen molar-refractivity contribution >= 4 is 11.8 Å². The monoisotopic (exact) mass is 232 g/mol. The molecule has 0 atom stereocenters. The zero-order chi connectivity index (χ0) is 12.1. The number of rotatable bonds is 1. The Balaban J connectivity index is 2.25. The van der Waals surface area contributed by atoms with Gasteiger partial charge in [-0.15, -0.1) is 0 Å². The summed E-state index contributed by atoms with van der Waals surface area (Å²) in [5.74, 6) is 0. The van der Waals surface area contributed by atoms with Crippen molar-refractivity contribution in [2.45, 2.75) is 25.7 Å². The number of hydrogen-bond donors (Lipinski definition) is 1. The first-order chi connectivity index (χ1) is 8.31. The van der Waals surface area contributed by atoms with Gasteiger partial charge in [-0.3, -0.25) is 0 Å². The minimum atomic E-state index is -0.528. The maximum absolute atomic E-state index is 11.0. The van der Waals surface area contributed by atoms with Crippen LogP contribution in [0.4, 0.5) is 4.79 Å². The maximum Gasteiger partial charge on any atom is 0.427 e.